The maximum atomic E-state index is 12.2. The van der Waals surface area contributed by atoms with Crippen LogP contribution in [-0.2, 0) is 9.53 Å². The van der Waals surface area contributed by atoms with E-state index < -0.39 is 30.5 Å². The summed E-state index contributed by atoms with van der Waals surface area (Å²) >= 11 is 0. The monoisotopic (exact) mass is 269 g/mol. The van der Waals surface area contributed by atoms with Crippen LogP contribution >= 0.6 is 0 Å². The zero-order valence-corrected chi connectivity index (χ0v) is 10.2. The molecule has 7 heteroatoms. The first kappa shape index (κ1) is 15.2. The highest BCUT2D eigenvalue weighted by atomic mass is 19.4. The molecule has 1 aliphatic rings. The average Bonchev–Trinajstić information content (AvgIpc) is 2.71. The van der Waals surface area contributed by atoms with Gasteiger partial charge in [-0.05, 0) is 13.0 Å². The topological polar surface area (TPSA) is 49.8 Å². The van der Waals surface area contributed by atoms with Crippen molar-refractivity contribution in [2.75, 3.05) is 26.3 Å². The molecule has 0 aromatic carbocycles. The molecule has 2 atom stereocenters. The van der Waals surface area contributed by atoms with Crippen molar-refractivity contribution in [3.8, 4) is 0 Å². The fourth-order valence-corrected chi connectivity index (χ4v) is 2.14. The maximum Gasteiger partial charge on any atom is 0.390 e. The van der Waals surface area contributed by atoms with Crippen molar-refractivity contribution in [3.63, 3.8) is 0 Å². The van der Waals surface area contributed by atoms with Crippen LogP contribution in [0.4, 0.5) is 13.2 Å². The van der Waals surface area contributed by atoms with Crippen LogP contribution in [0.1, 0.15) is 19.8 Å². The molecular weight excluding hydrogens is 251 g/mol. The molecule has 1 aliphatic heterocycles. The van der Waals surface area contributed by atoms with Crippen LogP contribution in [-0.4, -0.2) is 54.5 Å². The normalized spacial score (nSPS) is 24.7. The number of alkyl halides is 3. The van der Waals surface area contributed by atoms with Gasteiger partial charge in [0.15, 0.2) is 0 Å². The van der Waals surface area contributed by atoms with Crippen molar-refractivity contribution in [3.05, 3.63) is 0 Å². The Balaban J connectivity index is 2.62. The van der Waals surface area contributed by atoms with E-state index in [2.05, 4.69) is 0 Å². The molecule has 106 valence electrons. The third-order valence-corrected chi connectivity index (χ3v) is 3.03. The van der Waals surface area contributed by atoms with Crippen molar-refractivity contribution in [1.82, 2.24) is 4.90 Å². The first-order valence-corrected chi connectivity index (χ1v) is 5.96. The molecule has 0 spiro atoms. The second-order valence-corrected chi connectivity index (χ2v) is 4.45. The van der Waals surface area contributed by atoms with E-state index in [0.29, 0.717) is 13.0 Å². The van der Waals surface area contributed by atoms with Gasteiger partial charge in [0.25, 0.3) is 0 Å². The zero-order valence-electron chi connectivity index (χ0n) is 10.2. The number of rotatable bonds is 6. The minimum atomic E-state index is -4.22. The van der Waals surface area contributed by atoms with Crippen molar-refractivity contribution >= 4 is 5.97 Å². The van der Waals surface area contributed by atoms with Crippen LogP contribution < -0.4 is 0 Å². The molecule has 1 saturated heterocycles. The SMILES string of the molecule is CCCN(CCC(F)(F)F)C1COCC1C(=O)O. The van der Waals surface area contributed by atoms with Crippen LogP contribution in [0.25, 0.3) is 0 Å². The van der Waals surface area contributed by atoms with Gasteiger partial charge < -0.3 is 9.84 Å². The van der Waals surface area contributed by atoms with Crippen LogP contribution in [0, 0.1) is 5.92 Å². The average molecular weight is 269 g/mol. The summed E-state index contributed by atoms with van der Waals surface area (Å²) in [5.41, 5.74) is 0. The van der Waals surface area contributed by atoms with Crippen LogP contribution in [0.3, 0.4) is 0 Å². The molecular formula is C11H18F3NO3. The molecule has 1 heterocycles. The number of hydrogen-bond acceptors (Lipinski definition) is 3. The van der Waals surface area contributed by atoms with Crippen molar-refractivity contribution in [1.29, 1.82) is 0 Å². The molecule has 2 unspecified atom stereocenters. The second-order valence-electron chi connectivity index (χ2n) is 4.45. The quantitative estimate of drug-likeness (QED) is 0.798. The summed E-state index contributed by atoms with van der Waals surface area (Å²) in [6.45, 7) is 2.40. The minimum absolute atomic E-state index is 0.0756. The third-order valence-electron chi connectivity index (χ3n) is 3.03. The Morgan fingerprint density at radius 1 is 1.39 bits per heavy atom. The highest BCUT2D eigenvalue weighted by Gasteiger charge is 2.39. The van der Waals surface area contributed by atoms with Crippen molar-refractivity contribution in [2.45, 2.75) is 32.0 Å². The van der Waals surface area contributed by atoms with Crippen LogP contribution in [0.2, 0.25) is 0 Å². The number of carbonyl (C=O) groups is 1. The zero-order chi connectivity index (χ0) is 13.8. The standard InChI is InChI=1S/C11H18F3NO3/c1-2-4-15(5-3-11(12,13)14)9-7-18-6-8(9)10(16)17/h8-9H,2-7H2,1H3,(H,16,17). The molecule has 18 heavy (non-hydrogen) atoms. The molecule has 0 radical (unpaired) electrons. The minimum Gasteiger partial charge on any atom is -0.481 e. The van der Waals surface area contributed by atoms with E-state index in [9.17, 15) is 18.0 Å². The molecule has 1 fully saturated rings. The van der Waals surface area contributed by atoms with Gasteiger partial charge in [-0.25, -0.2) is 0 Å². The van der Waals surface area contributed by atoms with Crippen LogP contribution in [0.5, 0.6) is 0 Å². The van der Waals surface area contributed by atoms with Gasteiger partial charge in [-0.15, -0.1) is 0 Å². The summed E-state index contributed by atoms with van der Waals surface area (Å²) in [4.78, 5) is 12.6. The Labute approximate surface area is 104 Å². The number of hydrogen-bond donors (Lipinski definition) is 1. The molecule has 1 N–H and O–H groups in total. The van der Waals surface area contributed by atoms with Gasteiger partial charge in [0, 0.05) is 12.6 Å². The molecule has 1 rings (SSSR count). The number of ether oxygens (including phenoxy) is 1. The van der Waals surface area contributed by atoms with E-state index in [-0.39, 0.29) is 19.8 Å². The summed E-state index contributed by atoms with van der Waals surface area (Å²) in [6.07, 6.45) is -4.46. The first-order chi connectivity index (χ1) is 8.35. The number of aliphatic carboxylic acids is 1. The van der Waals surface area contributed by atoms with E-state index in [4.69, 9.17) is 9.84 Å². The third kappa shape index (κ3) is 4.45. The van der Waals surface area contributed by atoms with Crippen LogP contribution in [0.15, 0.2) is 0 Å². The Morgan fingerprint density at radius 2 is 2.06 bits per heavy atom. The predicted octanol–water partition coefficient (Wildman–Crippen LogP) is 1.75. The summed E-state index contributed by atoms with van der Waals surface area (Å²) in [5.74, 6) is -1.74. The maximum absolute atomic E-state index is 12.2. The smallest absolute Gasteiger partial charge is 0.390 e. The highest BCUT2D eigenvalue weighted by Crippen LogP contribution is 2.24. The summed E-state index contributed by atoms with van der Waals surface area (Å²) in [7, 11) is 0. The van der Waals surface area contributed by atoms with E-state index in [1.54, 1.807) is 4.90 Å². The highest BCUT2D eigenvalue weighted by molar-refractivity contribution is 5.71. The molecule has 0 amide bonds. The van der Waals surface area contributed by atoms with E-state index in [1.807, 2.05) is 6.92 Å². The lowest BCUT2D eigenvalue weighted by Crippen LogP contribution is -2.44. The van der Waals surface area contributed by atoms with Gasteiger partial charge in [-0.3, -0.25) is 9.69 Å². The molecule has 0 aliphatic carbocycles. The lowest BCUT2D eigenvalue weighted by atomic mass is 10.0. The number of nitrogens with zero attached hydrogens (tertiary/aromatic N) is 1. The number of carboxylic acids is 1. The summed E-state index contributed by atoms with van der Waals surface area (Å²) < 4.78 is 41.8. The fourth-order valence-electron chi connectivity index (χ4n) is 2.14. The number of halogens is 3. The predicted molar refractivity (Wildman–Crippen MR) is 58.3 cm³/mol. The van der Waals surface area contributed by atoms with Gasteiger partial charge in [-0.2, -0.15) is 13.2 Å². The van der Waals surface area contributed by atoms with Gasteiger partial charge >= 0.3 is 12.1 Å². The van der Waals surface area contributed by atoms with E-state index >= 15 is 0 Å². The molecule has 0 bridgehead atoms. The van der Waals surface area contributed by atoms with Crippen molar-refractivity contribution < 1.29 is 27.8 Å². The Kier molecular flexibility index (Phi) is 5.40. The largest absolute Gasteiger partial charge is 0.481 e. The molecule has 4 nitrogen and oxygen atoms in total. The second kappa shape index (κ2) is 6.38. The molecule has 0 aromatic heterocycles. The molecule has 0 aromatic rings. The summed E-state index contributed by atoms with van der Waals surface area (Å²) in [6, 6.07) is -0.454. The Bertz CT molecular complexity index is 283. The fraction of sp³-hybridized carbons (Fsp3) is 0.909. The lowest BCUT2D eigenvalue weighted by Gasteiger charge is -2.30. The first-order valence-electron chi connectivity index (χ1n) is 5.96. The van der Waals surface area contributed by atoms with Gasteiger partial charge in [0.1, 0.15) is 0 Å². The lowest BCUT2D eigenvalue weighted by molar-refractivity contribution is -0.145. The number of carboxylic acid groups (broad SMARTS) is 1. The van der Waals surface area contributed by atoms with E-state index in [1.165, 1.54) is 0 Å². The Morgan fingerprint density at radius 3 is 2.56 bits per heavy atom. The Hall–Kier alpha value is -0.820. The molecule has 0 saturated carbocycles. The van der Waals surface area contributed by atoms with Gasteiger partial charge in [0.2, 0.25) is 0 Å². The van der Waals surface area contributed by atoms with Crippen molar-refractivity contribution in [2.24, 2.45) is 5.92 Å². The van der Waals surface area contributed by atoms with Gasteiger partial charge in [0.05, 0.1) is 25.6 Å². The van der Waals surface area contributed by atoms with Gasteiger partial charge in [-0.1, -0.05) is 6.92 Å². The van der Waals surface area contributed by atoms with E-state index in [0.717, 1.165) is 0 Å². The summed E-state index contributed by atoms with van der Waals surface area (Å²) in [5, 5.41) is 9.00.